The van der Waals surface area contributed by atoms with E-state index in [9.17, 15) is 0 Å². The highest BCUT2D eigenvalue weighted by Crippen LogP contribution is 2.47. The topological polar surface area (TPSA) is 0 Å². The number of hydrogen-bond donors (Lipinski definition) is 0. The molecule has 0 unspecified atom stereocenters. The maximum absolute atomic E-state index is 4.27. The second kappa shape index (κ2) is 4.67. The molecule has 0 nitrogen and oxygen atoms in total. The van der Waals surface area contributed by atoms with Crippen LogP contribution < -0.4 is 0 Å². The predicted octanol–water partition coefficient (Wildman–Crippen LogP) is 4.91. The molecule has 0 radical (unpaired) electrons. The summed E-state index contributed by atoms with van der Waals surface area (Å²) < 4.78 is 0. The van der Waals surface area contributed by atoms with E-state index in [1.165, 1.54) is 29.7 Å². The Kier molecular flexibility index (Phi) is 3.44. The molecule has 1 heteroatoms. The second-order valence-corrected chi connectivity index (χ2v) is 6.49. The molecule has 1 aliphatic rings. The zero-order chi connectivity index (χ0) is 11.6. The summed E-state index contributed by atoms with van der Waals surface area (Å²) in [7, 11) is 0. The van der Waals surface area contributed by atoms with Crippen molar-refractivity contribution in [1.29, 1.82) is 0 Å². The first kappa shape index (κ1) is 11.8. The molecule has 1 fully saturated rings. The molecule has 86 valence electrons. The average Bonchev–Trinajstić information content (AvgIpc) is 2.25. The zero-order valence-electron chi connectivity index (χ0n) is 10.2. The summed E-state index contributed by atoms with van der Waals surface area (Å²) in [5.41, 5.74) is 1.81. The van der Waals surface area contributed by atoms with E-state index in [0.717, 1.165) is 0 Å². The van der Waals surface area contributed by atoms with E-state index in [0.29, 0.717) is 10.7 Å². The molecule has 1 saturated carbocycles. The van der Waals surface area contributed by atoms with Crippen molar-refractivity contribution in [3.8, 4) is 0 Å². The molecule has 1 aromatic carbocycles. The number of benzene rings is 1. The lowest BCUT2D eigenvalue weighted by molar-refractivity contribution is 0.300. The Bertz CT molecular complexity index is 364. The molecule has 0 heterocycles. The average molecular weight is 232 g/mol. The molecule has 1 aliphatic carbocycles. The van der Waals surface area contributed by atoms with Crippen LogP contribution in [0.5, 0.6) is 0 Å². The quantitative estimate of drug-likeness (QED) is 0.653. The Hall–Kier alpha value is -0.690. The summed E-state index contributed by atoms with van der Waals surface area (Å²) in [6.07, 6.45) is 3.82. The van der Waals surface area contributed by atoms with Gasteiger partial charge in [-0.1, -0.05) is 44.2 Å². The largest absolute Gasteiger partial charge is 0.118 e. The molecule has 0 aliphatic heterocycles. The van der Waals surface area contributed by atoms with Crippen LogP contribution in [0.4, 0.5) is 0 Å². The Morgan fingerprint density at radius 3 is 2.56 bits per heavy atom. The lowest BCUT2D eigenvalue weighted by Crippen LogP contribution is -2.31. The van der Waals surface area contributed by atoms with E-state index >= 15 is 0 Å². The SMILES string of the molecule is C=C1CCCC(C)(C)[C@@H]1Sc1ccccc1. The van der Waals surface area contributed by atoms with Crippen molar-refractivity contribution in [2.24, 2.45) is 5.41 Å². The predicted molar refractivity (Wildman–Crippen MR) is 72.9 cm³/mol. The van der Waals surface area contributed by atoms with Crippen molar-refractivity contribution in [3.05, 3.63) is 42.5 Å². The summed E-state index contributed by atoms with van der Waals surface area (Å²) >= 11 is 1.98. The third kappa shape index (κ3) is 2.52. The van der Waals surface area contributed by atoms with Crippen LogP contribution in [-0.4, -0.2) is 5.25 Å². The van der Waals surface area contributed by atoms with Crippen LogP contribution >= 0.6 is 11.8 Å². The van der Waals surface area contributed by atoms with Crippen molar-refractivity contribution in [2.75, 3.05) is 0 Å². The van der Waals surface area contributed by atoms with Gasteiger partial charge in [-0.2, -0.15) is 0 Å². The third-order valence-electron chi connectivity index (χ3n) is 3.40. The molecule has 0 saturated heterocycles. The minimum absolute atomic E-state index is 0.385. The van der Waals surface area contributed by atoms with Crippen LogP contribution in [0.25, 0.3) is 0 Å². The van der Waals surface area contributed by atoms with Gasteiger partial charge in [-0.15, -0.1) is 11.8 Å². The molecule has 16 heavy (non-hydrogen) atoms. The molecule has 0 bridgehead atoms. The summed E-state index contributed by atoms with van der Waals surface area (Å²) in [4.78, 5) is 1.36. The van der Waals surface area contributed by atoms with Gasteiger partial charge in [0.25, 0.3) is 0 Å². The Morgan fingerprint density at radius 1 is 1.25 bits per heavy atom. The minimum Gasteiger partial charge on any atom is -0.118 e. The number of hydrogen-bond acceptors (Lipinski definition) is 1. The summed E-state index contributed by atoms with van der Waals surface area (Å²) in [5, 5.41) is 0.573. The van der Waals surface area contributed by atoms with Gasteiger partial charge in [-0.25, -0.2) is 0 Å². The second-order valence-electron chi connectivity index (χ2n) is 5.31. The first-order valence-electron chi connectivity index (χ1n) is 5.99. The van der Waals surface area contributed by atoms with Crippen LogP contribution in [0.3, 0.4) is 0 Å². The number of rotatable bonds is 2. The minimum atomic E-state index is 0.385. The Morgan fingerprint density at radius 2 is 1.94 bits per heavy atom. The molecule has 1 aromatic rings. The first-order valence-corrected chi connectivity index (χ1v) is 6.87. The summed E-state index contributed by atoms with van der Waals surface area (Å²) in [5.74, 6) is 0. The fourth-order valence-corrected chi connectivity index (χ4v) is 3.77. The van der Waals surface area contributed by atoms with Gasteiger partial charge in [-0.3, -0.25) is 0 Å². The van der Waals surface area contributed by atoms with Gasteiger partial charge in [0, 0.05) is 10.1 Å². The van der Waals surface area contributed by atoms with Crippen LogP contribution in [0.2, 0.25) is 0 Å². The molecular formula is C15H20S. The Labute approximate surface area is 103 Å². The van der Waals surface area contributed by atoms with Crippen LogP contribution in [0, 0.1) is 5.41 Å². The lowest BCUT2D eigenvalue weighted by atomic mass is 9.75. The maximum atomic E-state index is 4.27. The van der Waals surface area contributed by atoms with Crippen molar-refractivity contribution in [3.63, 3.8) is 0 Å². The molecule has 0 amide bonds. The fraction of sp³-hybridized carbons (Fsp3) is 0.467. The van der Waals surface area contributed by atoms with Gasteiger partial charge in [-0.05, 0) is 36.8 Å². The molecular weight excluding hydrogens is 212 g/mol. The zero-order valence-corrected chi connectivity index (χ0v) is 11.0. The lowest BCUT2D eigenvalue weighted by Gasteiger charge is -2.39. The van der Waals surface area contributed by atoms with Gasteiger partial charge in [0.1, 0.15) is 0 Å². The van der Waals surface area contributed by atoms with Crippen molar-refractivity contribution < 1.29 is 0 Å². The van der Waals surface area contributed by atoms with E-state index in [1.54, 1.807) is 0 Å². The highest BCUT2D eigenvalue weighted by Gasteiger charge is 2.35. The standard InChI is InChI=1S/C15H20S/c1-12-8-7-11-15(2,3)14(12)16-13-9-5-4-6-10-13/h4-6,9-10,14H,1,7-8,11H2,2-3H3/t14-/m1/s1. The number of thioether (sulfide) groups is 1. The molecule has 0 spiro atoms. The molecule has 0 N–H and O–H groups in total. The van der Waals surface area contributed by atoms with Gasteiger partial charge < -0.3 is 0 Å². The maximum Gasteiger partial charge on any atom is 0.0352 e. The molecule has 0 aromatic heterocycles. The van der Waals surface area contributed by atoms with Crippen molar-refractivity contribution in [2.45, 2.75) is 43.3 Å². The highest BCUT2D eigenvalue weighted by molar-refractivity contribution is 8.00. The van der Waals surface area contributed by atoms with Crippen molar-refractivity contribution in [1.82, 2.24) is 0 Å². The van der Waals surface area contributed by atoms with E-state index in [4.69, 9.17) is 0 Å². The van der Waals surface area contributed by atoms with Gasteiger partial charge in [0.2, 0.25) is 0 Å². The van der Waals surface area contributed by atoms with Gasteiger partial charge >= 0.3 is 0 Å². The Balaban J connectivity index is 2.15. The van der Waals surface area contributed by atoms with E-state index < -0.39 is 0 Å². The highest BCUT2D eigenvalue weighted by atomic mass is 32.2. The smallest absolute Gasteiger partial charge is 0.0352 e. The van der Waals surface area contributed by atoms with Gasteiger partial charge in [0.05, 0.1) is 0 Å². The van der Waals surface area contributed by atoms with E-state index in [2.05, 4.69) is 50.8 Å². The normalized spacial score (nSPS) is 24.4. The summed E-state index contributed by atoms with van der Waals surface area (Å²) in [6.45, 7) is 9.01. The monoisotopic (exact) mass is 232 g/mol. The third-order valence-corrected chi connectivity index (χ3v) is 5.15. The van der Waals surface area contributed by atoms with Crippen LogP contribution in [-0.2, 0) is 0 Å². The first-order chi connectivity index (χ1) is 7.59. The van der Waals surface area contributed by atoms with Gasteiger partial charge in [0.15, 0.2) is 0 Å². The van der Waals surface area contributed by atoms with Crippen LogP contribution in [0.15, 0.2) is 47.4 Å². The van der Waals surface area contributed by atoms with Crippen LogP contribution in [0.1, 0.15) is 33.1 Å². The van der Waals surface area contributed by atoms with E-state index in [-0.39, 0.29) is 0 Å². The summed E-state index contributed by atoms with van der Waals surface area (Å²) in [6, 6.07) is 10.7. The molecule has 1 atom stereocenters. The van der Waals surface area contributed by atoms with Crippen molar-refractivity contribution >= 4 is 11.8 Å². The molecule has 2 rings (SSSR count). The van der Waals surface area contributed by atoms with E-state index in [1.807, 2.05) is 11.8 Å². The fourth-order valence-electron chi connectivity index (χ4n) is 2.46.